The SMILES string of the molecule is [B]C1([B])[C@@H](C)O[C@@H](C)[C@@H](CNc2ccc(Cl)cn2)N1C(=O)c1nn(C)c(C)c1-c1ncc(F)cn1. The summed E-state index contributed by atoms with van der Waals surface area (Å²) in [6.07, 6.45) is 2.47. The van der Waals surface area contributed by atoms with Crippen LogP contribution in [0, 0.1) is 12.7 Å². The highest BCUT2D eigenvalue weighted by atomic mass is 35.5. The Morgan fingerprint density at radius 1 is 1.23 bits per heavy atom. The Labute approximate surface area is 210 Å². The van der Waals surface area contributed by atoms with Crippen molar-refractivity contribution in [2.45, 2.75) is 44.4 Å². The van der Waals surface area contributed by atoms with Crippen LogP contribution < -0.4 is 5.32 Å². The number of aromatic nitrogens is 5. The molecule has 4 heterocycles. The molecule has 3 aromatic heterocycles. The lowest BCUT2D eigenvalue weighted by Gasteiger charge is -2.54. The lowest BCUT2D eigenvalue weighted by molar-refractivity contribution is -0.112. The molecule has 1 fully saturated rings. The predicted octanol–water partition coefficient (Wildman–Crippen LogP) is 2.09. The molecule has 1 aliphatic rings. The van der Waals surface area contributed by atoms with Gasteiger partial charge in [-0.2, -0.15) is 5.10 Å². The van der Waals surface area contributed by atoms with Gasteiger partial charge in [-0.3, -0.25) is 9.48 Å². The van der Waals surface area contributed by atoms with E-state index in [0.29, 0.717) is 22.1 Å². The highest BCUT2D eigenvalue weighted by molar-refractivity contribution is 6.41. The maximum Gasteiger partial charge on any atom is 0.274 e. The maximum absolute atomic E-state index is 14.0. The van der Waals surface area contributed by atoms with Gasteiger partial charge < -0.3 is 15.0 Å². The Bertz CT molecular complexity index is 1220. The number of anilines is 1. The van der Waals surface area contributed by atoms with Gasteiger partial charge in [0, 0.05) is 25.5 Å². The van der Waals surface area contributed by atoms with Crippen molar-refractivity contribution < 1.29 is 13.9 Å². The summed E-state index contributed by atoms with van der Waals surface area (Å²) in [6.45, 7) is 5.54. The van der Waals surface area contributed by atoms with Gasteiger partial charge in [0.1, 0.15) is 5.82 Å². The molecular formula is C22H23B2ClFN7O2. The van der Waals surface area contributed by atoms with Crippen LogP contribution in [0.25, 0.3) is 11.4 Å². The summed E-state index contributed by atoms with van der Waals surface area (Å²) in [7, 11) is 14.6. The molecule has 178 valence electrons. The van der Waals surface area contributed by atoms with Gasteiger partial charge in [-0.05, 0) is 38.2 Å². The summed E-state index contributed by atoms with van der Waals surface area (Å²) in [4.78, 5) is 27.8. The molecule has 3 atom stereocenters. The summed E-state index contributed by atoms with van der Waals surface area (Å²) >= 11 is 5.92. The average Bonchev–Trinajstić information content (AvgIpc) is 3.11. The van der Waals surface area contributed by atoms with Gasteiger partial charge in [-0.25, -0.2) is 19.3 Å². The van der Waals surface area contributed by atoms with Crippen molar-refractivity contribution in [2.75, 3.05) is 11.9 Å². The van der Waals surface area contributed by atoms with Crippen LogP contribution in [0.3, 0.4) is 0 Å². The number of nitrogens with one attached hydrogen (secondary N) is 1. The molecule has 1 aliphatic heterocycles. The Kier molecular flexibility index (Phi) is 6.88. The minimum atomic E-state index is -1.66. The molecular weight excluding hydrogens is 470 g/mol. The first-order valence-corrected chi connectivity index (χ1v) is 11.3. The Morgan fingerprint density at radius 2 is 1.91 bits per heavy atom. The van der Waals surface area contributed by atoms with E-state index in [0.717, 1.165) is 12.4 Å². The summed E-state index contributed by atoms with van der Waals surface area (Å²) < 4.78 is 21.0. The van der Waals surface area contributed by atoms with Crippen molar-refractivity contribution in [3.8, 4) is 11.4 Å². The van der Waals surface area contributed by atoms with E-state index in [1.54, 1.807) is 33.0 Å². The van der Waals surface area contributed by atoms with E-state index in [-0.39, 0.29) is 18.1 Å². The van der Waals surface area contributed by atoms with Crippen molar-refractivity contribution >= 4 is 39.0 Å². The van der Waals surface area contributed by atoms with E-state index in [4.69, 9.17) is 32.0 Å². The smallest absolute Gasteiger partial charge is 0.274 e. The second kappa shape index (κ2) is 9.58. The molecule has 0 aromatic carbocycles. The quantitative estimate of drug-likeness (QED) is 0.544. The van der Waals surface area contributed by atoms with E-state index in [1.807, 2.05) is 6.92 Å². The van der Waals surface area contributed by atoms with Crippen LogP contribution in [-0.2, 0) is 11.8 Å². The molecule has 0 bridgehead atoms. The third-order valence-electron chi connectivity index (χ3n) is 6.18. The molecule has 0 unspecified atom stereocenters. The van der Waals surface area contributed by atoms with E-state index in [9.17, 15) is 9.18 Å². The third kappa shape index (κ3) is 4.77. The van der Waals surface area contributed by atoms with E-state index in [2.05, 4.69) is 25.4 Å². The molecule has 0 aliphatic carbocycles. The molecule has 4 rings (SSSR count). The summed E-state index contributed by atoms with van der Waals surface area (Å²) in [5.41, 5.74) is 1.04. The molecule has 1 N–H and O–H groups in total. The van der Waals surface area contributed by atoms with Gasteiger partial charge in [-0.15, -0.1) is 0 Å². The van der Waals surface area contributed by atoms with Crippen LogP contribution in [0.1, 0.15) is 30.0 Å². The minimum Gasteiger partial charge on any atom is -0.373 e. The van der Waals surface area contributed by atoms with Crippen LogP contribution in [0.15, 0.2) is 30.7 Å². The Hall–Kier alpha value is -2.98. The monoisotopic (exact) mass is 493 g/mol. The largest absolute Gasteiger partial charge is 0.373 e. The van der Waals surface area contributed by atoms with Crippen LogP contribution >= 0.6 is 11.6 Å². The molecule has 0 saturated carbocycles. The van der Waals surface area contributed by atoms with E-state index >= 15 is 0 Å². The highest BCUT2D eigenvalue weighted by Crippen LogP contribution is 2.33. The van der Waals surface area contributed by atoms with Crippen LogP contribution in [0.5, 0.6) is 0 Å². The number of morpholine rings is 1. The van der Waals surface area contributed by atoms with Crippen molar-refractivity contribution in [3.05, 3.63) is 53.0 Å². The number of carbonyl (C=O) groups is 1. The average molecular weight is 494 g/mol. The van der Waals surface area contributed by atoms with Gasteiger partial charge in [0.05, 0.1) is 56.9 Å². The molecule has 0 spiro atoms. The highest BCUT2D eigenvalue weighted by Gasteiger charge is 2.48. The summed E-state index contributed by atoms with van der Waals surface area (Å²) in [6, 6.07) is 2.83. The van der Waals surface area contributed by atoms with Crippen molar-refractivity contribution in [3.63, 3.8) is 0 Å². The normalized spacial score (nSPS) is 21.7. The van der Waals surface area contributed by atoms with Crippen molar-refractivity contribution in [1.29, 1.82) is 0 Å². The molecule has 4 radical (unpaired) electrons. The molecule has 1 saturated heterocycles. The number of rotatable bonds is 5. The Morgan fingerprint density at radius 3 is 2.54 bits per heavy atom. The van der Waals surface area contributed by atoms with Crippen molar-refractivity contribution in [1.82, 2.24) is 29.6 Å². The van der Waals surface area contributed by atoms with Crippen LogP contribution in [0.2, 0.25) is 5.02 Å². The first kappa shape index (κ1) is 25.1. The molecule has 3 aromatic rings. The van der Waals surface area contributed by atoms with Gasteiger partial charge in [-0.1, -0.05) is 11.6 Å². The zero-order valence-electron chi connectivity index (χ0n) is 19.7. The standard InChI is InChI=1S/C22H23B2ClFN7O2/c1-11-18(20-29-8-15(26)9-30-20)19(31-32(11)4)21(34)33-16(12(2)35-13(3)22(33,23)24)10-28-17-6-5-14(25)7-27-17/h5-9,12-13,16H,10H2,1-4H3,(H,27,28)/t12-,13+,16+/m0/s1. The second-order valence-corrected chi connectivity index (χ2v) is 8.95. The fourth-order valence-corrected chi connectivity index (χ4v) is 4.18. The van der Waals surface area contributed by atoms with E-state index < -0.39 is 35.3 Å². The number of hydrogen-bond acceptors (Lipinski definition) is 7. The number of pyridine rings is 1. The number of halogens is 2. The first-order chi connectivity index (χ1) is 16.5. The number of carbonyl (C=O) groups excluding carboxylic acids is 1. The number of aryl methyl sites for hydroxylation is 1. The molecule has 35 heavy (non-hydrogen) atoms. The molecule has 9 nitrogen and oxygen atoms in total. The second-order valence-electron chi connectivity index (χ2n) is 8.51. The lowest BCUT2D eigenvalue weighted by Crippen LogP contribution is -2.71. The fraction of sp³-hybridized carbons (Fsp3) is 0.409. The van der Waals surface area contributed by atoms with Crippen LogP contribution in [0.4, 0.5) is 10.2 Å². The number of hydrogen-bond donors (Lipinski definition) is 1. The predicted molar refractivity (Wildman–Crippen MR) is 131 cm³/mol. The minimum absolute atomic E-state index is 0.0489. The number of nitrogens with zero attached hydrogens (tertiary/aromatic N) is 6. The van der Waals surface area contributed by atoms with Gasteiger partial charge in [0.25, 0.3) is 5.91 Å². The number of ether oxygens (including phenoxy) is 1. The van der Waals surface area contributed by atoms with Gasteiger partial charge in [0.15, 0.2) is 17.3 Å². The lowest BCUT2D eigenvalue weighted by atomic mass is 9.56. The third-order valence-corrected chi connectivity index (χ3v) is 6.40. The number of amides is 1. The fourth-order valence-electron chi connectivity index (χ4n) is 4.07. The maximum atomic E-state index is 14.0. The van der Waals surface area contributed by atoms with Crippen molar-refractivity contribution in [2.24, 2.45) is 7.05 Å². The molecule has 1 amide bonds. The summed E-state index contributed by atoms with van der Waals surface area (Å²) in [5.74, 6) is -0.404. The van der Waals surface area contributed by atoms with Gasteiger partial charge >= 0.3 is 0 Å². The van der Waals surface area contributed by atoms with Crippen LogP contribution in [-0.4, -0.2) is 81.4 Å². The zero-order valence-corrected chi connectivity index (χ0v) is 20.5. The summed E-state index contributed by atoms with van der Waals surface area (Å²) in [5, 5.41) is 6.44. The van der Waals surface area contributed by atoms with Gasteiger partial charge in [0.2, 0.25) is 0 Å². The first-order valence-electron chi connectivity index (χ1n) is 10.9. The van der Waals surface area contributed by atoms with E-state index in [1.165, 1.54) is 15.8 Å². The zero-order chi connectivity index (χ0) is 25.5. The Balaban J connectivity index is 1.74. The topological polar surface area (TPSA) is 98.1 Å². The molecule has 13 heteroatoms.